The Morgan fingerprint density at radius 2 is 2.06 bits per heavy atom. The molecule has 1 heterocycles. The number of anilines is 1. The van der Waals surface area contributed by atoms with Gasteiger partial charge >= 0.3 is 0 Å². The summed E-state index contributed by atoms with van der Waals surface area (Å²) in [7, 11) is 0. The van der Waals surface area contributed by atoms with Gasteiger partial charge in [-0.3, -0.25) is 0 Å². The summed E-state index contributed by atoms with van der Waals surface area (Å²) in [6, 6.07) is 3.71. The summed E-state index contributed by atoms with van der Waals surface area (Å²) in [6.07, 6.45) is 4.81. The minimum atomic E-state index is -0.527. The highest BCUT2D eigenvalue weighted by molar-refractivity contribution is 5.48. The summed E-state index contributed by atoms with van der Waals surface area (Å²) in [4.78, 5) is 6.32. The molecule has 1 aromatic heterocycles. The van der Waals surface area contributed by atoms with Gasteiger partial charge in [0.25, 0.3) is 0 Å². The fraction of sp³-hybridized carbons (Fsp3) is 0.308. The van der Waals surface area contributed by atoms with Gasteiger partial charge in [-0.15, -0.1) is 13.2 Å². The van der Waals surface area contributed by atoms with E-state index in [1.165, 1.54) is 0 Å². The van der Waals surface area contributed by atoms with Crippen LogP contribution in [0.4, 0.5) is 5.82 Å². The molecule has 0 aliphatic rings. The van der Waals surface area contributed by atoms with Crippen molar-refractivity contribution in [3.63, 3.8) is 0 Å². The Balaban J connectivity index is 3.06. The number of hydrogen-bond donors (Lipinski definition) is 1. The molecule has 86 valence electrons. The number of aliphatic hydroxyl groups excluding tert-OH is 1. The number of rotatable bonds is 6. The quantitative estimate of drug-likeness (QED) is 0.744. The van der Waals surface area contributed by atoms with Gasteiger partial charge in [-0.1, -0.05) is 18.2 Å². The molecule has 1 N–H and O–H groups in total. The van der Waals surface area contributed by atoms with Gasteiger partial charge < -0.3 is 10.0 Å². The maximum absolute atomic E-state index is 9.67. The molecule has 0 radical (unpaired) electrons. The molecule has 1 rings (SSSR count). The Morgan fingerprint density at radius 3 is 2.56 bits per heavy atom. The van der Waals surface area contributed by atoms with Gasteiger partial charge in [0.15, 0.2) is 0 Å². The Labute approximate surface area is 96.7 Å². The summed E-state index contributed by atoms with van der Waals surface area (Å²) in [5, 5.41) is 9.67. The summed E-state index contributed by atoms with van der Waals surface area (Å²) < 4.78 is 0. The highest BCUT2D eigenvalue weighted by atomic mass is 16.3. The Bertz CT molecular complexity index is 351. The van der Waals surface area contributed by atoms with Gasteiger partial charge in [0.2, 0.25) is 0 Å². The lowest BCUT2D eigenvalue weighted by Gasteiger charge is -2.23. The van der Waals surface area contributed by atoms with Crippen LogP contribution in [0.3, 0.4) is 0 Å². The fourth-order valence-corrected chi connectivity index (χ4v) is 1.56. The lowest BCUT2D eigenvalue weighted by molar-refractivity contribution is 0.199. The van der Waals surface area contributed by atoms with Gasteiger partial charge in [0.1, 0.15) is 5.82 Å². The molecular weight excluding hydrogens is 200 g/mol. The van der Waals surface area contributed by atoms with Crippen LogP contribution in [0, 0.1) is 0 Å². The highest BCUT2D eigenvalue weighted by Gasteiger charge is 2.13. The van der Waals surface area contributed by atoms with Crippen LogP contribution in [-0.4, -0.2) is 23.2 Å². The third-order valence-corrected chi connectivity index (χ3v) is 2.27. The molecule has 0 saturated heterocycles. The molecule has 0 fully saturated rings. The minimum Gasteiger partial charge on any atom is -0.389 e. The number of nitrogens with zero attached hydrogens (tertiary/aromatic N) is 2. The molecule has 0 spiro atoms. The van der Waals surface area contributed by atoms with Crippen LogP contribution in [0.15, 0.2) is 43.6 Å². The first-order chi connectivity index (χ1) is 7.70. The first-order valence-corrected chi connectivity index (χ1v) is 5.30. The second kappa shape index (κ2) is 6.08. The molecule has 0 aliphatic carbocycles. The monoisotopic (exact) mass is 218 g/mol. The van der Waals surface area contributed by atoms with Crippen LogP contribution in [0.2, 0.25) is 0 Å². The summed E-state index contributed by atoms with van der Waals surface area (Å²) in [5.41, 5.74) is 0.825. The Kier molecular flexibility index (Phi) is 4.73. The zero-order valence-electron chi connectivity index (χ0n) is 9.63. The Hall–Kier alpha value is -1.61. The average Bonchev–Trinajstić information content (AvgIpc) is 2.29. The van der Waals surface area contributed by atoms with E-state index in [1.54, 1.807) is 13.1 Å². The third-order valence-electron chi connectivity index (χ3n) is 2.27. The molecule has 16 heavy (non-hydrogen) atoms. The summed E-state index contributed by atoms with van der Waals surface area (Å²) in [5.74, 6) is 0.789. The van der Waals surface area contributed by atoms with Gasteiger partial charge in [-0.2, -0.15) is 0 Å². The van der Waals surface area contributed by atoms with E-state index in [-0.39, 0.29) is 0 Å². The summed E-state index contributed by atoms with van der Waals surface area (Å²) >= 11 is 0. The second-order valence-corrected chi connectivity index (χ2v) is 3.57. The van der Waals surface area contributed by atoms with Gasteiger partial charge in [0.05, 0.1) is 6.10 Å². The number of hydrogen-bond acceptors (Lipinski definition) is 3. The van der Waals surface area contributed by atoms with E-state index in [0.29, 0.717) is 13.1 Å². The maximum Gasteiger partial charge on any atom is 0.134 e. The van der Waals surface area contributed by atoms with E-state index < -0.39 is 6.10 Å². The van der Waals surface area contributed by atoms with Crippen molar-refractivity contribution >= 4 is 5.82 Å². The molecular formula is C13H18N2O. The zero-order chi connectivity index (χ0) is 12.0. The van der Waals surface area contributed by atoms with Crippen molar-refractivity contribution in [1.82, 2.24) is 4.98 Å². The standard InChI is InChI=1S/C13H18N2O/c1-4-9-15(10-5-2)13-12(11(3)16)7-6-8-14-13/h4-8,11,16H,1-2,9-10H2,3H3/t11-/m0/s1. The first kappa shape index (κ1) is 12.5. The molecule has 0 amide bonds. The number of pyridine rings is 1. The molecule has 1 atom stereocenters. The van der Waals surface area contributed by atoms with E-state index in [1.807, 2.05) is 29.2 Å². The second-order valence-electron chi connectivity index (χ2n) is 3.57. The molecule has 3 nitrogen and oxygen atoms in total. The van der Waals surface area contributed by atoms with Crippen molar-refractivity contribution in [1.29, 1.82) is 0 Å². The highest BCUT2D eigenvalue weighted by Crippen LogP contribution is 2.23. The normalized spacial score (nSPS) is 11.9. The van der Waals surface area contributed by atoms with Crippen LogP contribution in [0.5, 0.6) is 0 Å². The fourth-order valence-electron chi connectivity index (χ4n) is 1.56. The predicted molar refractivity (Wildman–Crippen MR) is 67.5 cm³/mol. The van der Waals surface area contributed by atoms with E-state index in [4.69, 9.17) is 0 Å². The molecule has 3 heteroatoms. The maximum atomic E-state index is 9.67. The smallest absolute Gasteiger partial charge is 0.134 e. The van der Waals surface area contributed by atoms with E-state index in [9.17, 15) is 5.11 Å². The SMILES string of the molecule is C=CCN(CC=C)c1ncccc1[C@H](C)O. The zero-order valence-corrected chi connectivity index (χ0v) is 9.63. The van der Waals surface area contributed by atoms with Crippen molar-refractivity contribution < 1.29 is 5.11 Å². The number of aromatic nitrogens is 1. The van der Waals surface area contributed by atoms with Crippen LogP contribution < -0.4 is 4.90 Å². The molecule has 1 aromatic rings. The van der Waals surface area contributed by atoms with Crippen molar-refractivity contribution in [2.45, 2.75) is 13.0 Å². The molecule has 0 bridgehead atoms. The number of aliphatic hydroxyl groups is 1. The van der Waals surface area contributed by atoms with E-state index >= 15 is 0 Å². The van der Waals surface area contributed by atoms with Crippen molar-refractivity contribution in [2.24, 2.45) is 0 Å². The average molecular weight is 218 g/mol. The topological polar surface area (TPSA) is 36.4 Å². The van der Waals surface area contributed by atoms with Gasteiger partial charge in [-0.25, -0.2) is 4.98 Å². The van der Waals surface area contributed by atoms with Gasteiger partial charge in [-0.05, 0) is 13.0 Å². The lowest BCUT2D eigenvalue weighted by atomic mass is 10.1. The Morgan fingerprint density at radius 1 is 1.44 bits per heavy atom. The van der Waals surface area contributed by atoms with Crippen LogP contribution >= 0.6 is 0 Å². The van der Waals surface area contributed by atoms with Crippen molar-refractivity contribution in [2.75, 3.05) is 18.0 Å². The van der Waals surface area contributed by atoms with Crippen molar-refractivity contribution in [3.8, 4) is 0 Å². The van der Waals surface area contributed by atoms with Crippen LogP contribution in [-0.2, 0) is 0 Å². The first-order valence-electron chi connectivity index (χ1n) is 5.30. The molecule has 0 unspecified atom stereocenters. The van der Waals surface area contributed by atoms with Crippen LogP contribution in [0.1, 0.15) is 18.6 Å². The van der Waals surface area contributed by atoms with E-state index in [2.05, 4.69) is 18.1 Å². The van der Waals surface area contributed by atoms with Crippen LogP contribution in [0.25, 0.3) is 0 Å². The largest absolute Gasteiger partial charge is 0.389 e. The van der Waals surface area contributed by atoms with Crippen molar-refractivity contribution in [3.05, 3.63) is 49.2 Å². The van der Waals surface area contributed by atoms with Gasteiger partial charge in [0, 0.05) is 24.8 Å². The minimum absolute atomic E-state index is 0.527. The molecule has 0 aliphatic heterocycles. The molecule has 0 aromatic carbocycles. The summed E-state index contributed by atoms with van der Waals surface area (Å²) in [6.45, 7) is 10.5. The van der Waals surface area contributed by atoms with E-state index in [0.717, 1.165) is 11.4 Å². The molecule has 0 saturated carbocycles. The lowest BCUT2D eigenvalue weighted by Crippen LogP contribution is -2.25. The predicted octanol–water partition coefficient (Wildman–Crippen LogP) is 2.31. The third kappa shape index (κ3) is 2.94.